The van der Waals surface area contributed by atoms with Crippen molar-refractivity contribution in [2.24, 2.45) is 0 Å². The van der Waals surface area contributed by atoms with Crippen LogP contribution in [-0.4, -0.2) is 12.6 Å². The Bertz CT molecular complexity index is 336. The molecule has 0 bridgehead atoms. The Hall–Kier alpha value is -1.57. The van der Waals surface area contributed by atoms with Gasteiger partial charge in [0, 0.05) is 0 Å². The molecule has 0 aliphatic heterocycles. The summed E-state index contributed by atoms with van der Waals surface area (Å²) in [6, 6.07) is 8.14. The third kappa shape index (κ3) is 4.45. The fraction of sp³-hybridized carbons (Fsp3) is 0.308. The van der Waals surface area contributed by atoms with Gasteiger partial charge in [0.1, 0.15) is 0 Å². The van der Waals surface area contributed by atoms with Gasteiger partial charge in [-0.25, -0.2) is 0 Å². The first-order valence-electron chi connectivity index (χ1n) is 5.11. The van der Waals surface area contributed by atoms with Gasteiger partial charge < -0.3 is 4.74 Å². The van der Waals surface area contributed by atoms with Crippen LogP contribution in [0.5, 0.6) is 0 Å². The first kappa shape index (κ1) is 11.5. The quantitative estimate of drug-likeness (QED) is 0.705. The predicted octanol–water partition coefficient (Wildman–Crippen LogP) is 2.96. The number of benzene rings is 1. The lowest BCUT2D eigenvalue weighted by Crippen LogP contribution is -2.01. The highest BCUT2D eigenvalue weighted by atomic mass is 16.5. The molecule has 0 amide bonds. The number of hydrogen-bond acceptors (Lipinski definition) is 2. The Morgan fingerprint density at radius 1 is 1.33 bits per heavy atom. The summed E-state index contributed by atoms with van der Waals surface area (Å²) in [6.07, 6.45) is 4.08. The Balaban J connectivity index is 2.44. The van der Waals surface area contributed by atoms with Gasteiger partial charge in [0.2, 0.25) is 0 Å². The molecular formula is C13H16O2. The lowest BCUT2D eigenvalue weighted by molar-refractivity contribution is -0.142. The fourth-order valence-corrected chi connectivity index (χ4v) is 1.19. The van der Waals surface area contributed by atoms with E-state index >= 15 is 0 Å². The molecule has 1 rings (SSSR count). The van der Waals surface area contributed by atoms with Crippen LogP contribution in [0.25, 0.3) is 6.08 Å². The summed E-state index contributed by atoms with van der Waals surface area (Å²) in [5, 5.41) is 0. The Labute approximate surface area is 90.6 Å². The average molecular weight is 204 g/mol. The van der Waals surface area contributed by atoms with Gasteiger partial charge in [0.25, 0.3) is 0 Å². The Morgan fingerprint density at radius 3 is 2.60 bits per heavy atom. The second-order valence-electron chi connectivity index (χ2n) is 3.32. The summed E-state index contributed by atoms with van der Waals surface area (Å²) in [4.78, 5) is 11.0. The molecule has 0 heterocycles. The summed E-state index contributed by atoms with van der Waals surface area (Å²) in [5.74, 6) is -0.180. The molecule has 0 fully saturated rings. The summed E-state index contributed by atoms with van der Waals surface area (Å²) >= 11 is 0. The molecule has 0 spiro atoms. The van der Waals surface area contributed by atoms with Crippen molar-refractivity contribution in [1.29, 1.82) is 0 Å². The third-order valence-electron chi connectivity index (χ3n) is 1.98. The van der Waals surface area contributed by atoms with Gasteiger partial charge in [-0.1, -0.05) is 42.0 Å². The van der Waals surface area contributed by atoms with Crippen LogP contribution in [0.4, 0.5) is 0 Å². The van der Waals surface area contributed by atoms with E-state index in [1.807, 2.05) is 50.3 Å². The highest BCUT2D eigenvalue weighted by Gasteiger charge is 1.95. The molecule has 0 saturated heterocycles. The zero-order chi connectivity index (χ0) is 11.1. The van der Waals surface area contributed by atoms with Crippen LogP contribution in [0.15, 0.2) is 30.3 Å². The SMILES string of the molecule is CCOC(=O)C/C=C/c1ccc(C)cc1. The molecule has 0 atom stereocenters. The van der Waals surface area contributed by atoms with Crippen LogP contribution in [0.2, 0.25) is 0 Å². The lowest BCUT2D eigenvalue weighted by atomic mass is 10.1. The summed E-state index contributed by atoms with van der Waals surface area (Å²) in [7, 11) is 0. The van der Waals surface area contributed by atoms with Crippen molar-refractivity contribution in [2.45, 2.75) is 20.3 Å². The van der Waals surface area contributed by atoms with Crippen LogP contribution < -0.4 is 0 Å². The largest absolute Gasteiger partial charge is 0.466 e. The normalized spacial score (nSPS) is 10.5. The van der Waals surface area contributed by atoms with E-state index in [2.05, 4.69) is 0 Å². The summed E-state index contributed by atoms with van der Waals surface area (Å²) in [5.41, 5.74) is 2.34. The number of rotatable bonds is 4. The van der Waals surface area contributed by atoms with Gasteiger partial charge in [0.05, 0.1) is 13.0 Å². The minimum atomic E-state index is -0.180. The first-order valence-corrected chi connectivity index (χ1v) is 5.11. The molecule has 0 aromatic heterocycles. The van der Waals surface area contributed by atoms with Crippen LogP contribution in [0.3, 0.4) is 0 Å². The van der Waals surface area contributed by atoms with Crippen molar-refractivity contribution in [3.8, 4) is 0 Å². The second kappa shape index (κ2) is 6.02. The molecule has 1 aromatic carbocycles. The van der Waals surface area contributed by atoms with Crippen molar-refractivity contribution in [3.05, 3.63) is 41.5 Å². The predicted molar refractivity (Wildman–Crippen MR) is 61.5 cm³/mol. The summed E-state index contributed by atoms with van der Waals surface area (Å²) < 4.78 is 4.81. The minimum absolute atomic E-state index is 0.180. The maximum Gasteiger partial charge on any atom is 0.309 e. The van der Waals surface area contributed by atoms with Crippen LogP contribution >= 0.6 is 0 Å². The molecule has 1 aromatic rings. The van der Waals surface area contributed by atoms with Crippen molar-refractivity contribution in [1.82, 2.24) is 0 Å². The lowest BCUT2D eigenvalue weighted by Gasteiger charge is -1.97. The van der Waals surface area contributed by atoms with Gasteiger partial charge in [-0.2, -0.15) is 0 Å². The molecule has 0 unspecified atom stereocenters. The monoisotopic (exact) mass is 204 g/mol. The van der Waals surface area contributed by atoms with Crippen molar-refractivity contribution < 1.29 is 9.53 Å². The fourth-order valence-electron chi connectivity index (χ4n) is 1.19. The number of carbonyl (C=O) groups is 1. The van der Waals surface area contributed by atoms with E-state index in [0.717, 1.165) is 5.56 Å². The van der Waals surface area contributed by atoms with E-state index in [1.165, 1.54) is 5.56 Å². The highest BCUT2D eigenvalue weighted by Crippen LogP contribution is 2.05. The standard InChI is InChI=1S/C13H16O2/c1-3-15-13(14)6-4-5-12-9-7-11(2)8-10-12/h4-5,7-10H,3,6H2,1-2H3/b5-4+. The van der Waals surface area contributed by atoms with Crippen molar-refractivity contribution >= 4 is 12.0 Å². The minimum Gasteiger partial charge on any atom is -0.466 e. The van der Waals surface area contributed by atoms with Gasteiger partial charge in [-0.15, -0.1) is 0 Å². The average Bonchev–Trinajstić information content (AvgIpc) is 2.21. The smallest absolute Gasteiger partial charge is 0.309 e. The maximum absolute atomic E-state index is 11.0. The van der Waals surface area contributed by atoms with Gasteiger partial charge in [-0.3, -0.25) is 4.79 Å². The second-order valence-corrected chi connectivity index (χ2v) is 3.32. The molecule has 0 saturated carbocycles. The first-order chi connectivity index (χ1) is 7.22. The number of aryl methyl sites for hydroxylation is 1. The molecule has 2 heteroatoms. The number of ether oxygens (including phenoxy) is 1. The molecule has 0 radical (unpaired) electrons. The molecule has 0 aliphatic rings. The zero-order valence-corrected chi connectivity index (χ0v) is 9.19. The van der Waals surface area contributed by atoms with E-state index in [1.54, 1.807) is 0 Å². The number of esters is 1. The highest BCUT2D eigenvalue weighted by molar-refractivity contribution is 5.72. The Morgan fingerprint density at radius 2 is 2.00 bits per heavy atom. The van der Waals surface area contributed by atoms with Gasteiger partial charge in [0.15, 0.2) is 0 Å². The van der Waals surface area contributed by atoms with E-state index < -0.39 is 0 Å². The molecule has 0 aliphatic carbocycles. The van der Waals surface area contributed by atoms with E-state index in [4.69, 9.17) is 4.74 Å². The van der Waals surface area contributed by atoms with Gasteiger partial charge in [-0.05, 0) is 19.4 Å². The zero-order valence-electron chi connectivity index (χ0n) is 9.19. The Kier molecular flexibility index (Phi) is 4.61. The molecule has 2 nitrogen and oxygen atoms in total. The van der Waals surface area contributed by atoms with Crippen molar-refractivity contribution in [3.63, 3.8) is 0 Å². The molecule has 0 N–H and O–H groups in total. The van der Waals surface area contributed by atoms with Crippen molar-refractivity contribution in [2.75, 3.05) is 6.61 Å². The van der Waals surface area contributed by atoms with Crippen LogP contribution in [0, 0.1) is 6.92 Å². The molecular weight excluding hydrogens is 188 g/mol. The molecule has 80 valence electrons. The van der Waals surface area contributed by atoms with E-state index in [9.17, 15) is 4.79 Å². The molecule has 15 heavy (non-hydrogen) atoms. The van der Waals surface area contributed by atoms with E-state index in [-0.39, 0.29) is 5.97 Å². The number of carbonyl (C=O) groups excluding carboxylic acids is 1. The topological polar surface area (TPSA) is 26.3 Å². The van der Waals surface area contributed by atoms with Crippen LogP contribution in [-0.2, 0) is 9.53 Å². The van der Waals surface area contributed by atoms with E-state index in [0.29, 0.717) is 13.0 Å². The van der Waals surface area contributed by atoms with Gasteiger partial charge >= 0.3 is 5.97 Å². The number of hydrogen-bond donors (Lipinski definition) is 0. The maximum atomic E-state index is 11.0. The van der Waals surface area contributed by atoms with Crippen LogP contribution in [0.1, 0.15) is 24.5 Å². The third-order valence-corrected chi connectivity index (χ3v) is 1.98. The summed E-state index contributed by atoms with van der Waals surface area (Å²) in [6.45, 7) is 4.30.